The molecular formula is C16H22N2OS. The zero-order valence-electron chi connectivity index (χ0n) is 12.4. The Kier molecular flexibility index (Phi) is 5.56. The molecule has 0 aliphatic rings. The van der Waals surface area contributed by atoms with Crippen LogP contribution in [0.25, 0.3) is 0 Å². The van der Waals surface area contributed by atoms with Crippen LogP contribution in [0.3, 0.4) is 0 Å². The molecule has 0 bridgehead atoms. The molecule has 20 heavy (non-hydrogen) atoms. The summed E-state index contributed by atoms with van der Waals surface area (Å²) in [6, 6.07) is 8.09. The van der Waals surface area contributed by atoms with Gasteiger partial charge in [0.2, 0.25) is 0 Å². The molecule has 0 saturated heterocycles. The molecule has 0 radical (unpaired) electrons. The Morgan fingerprint density at radius 2 is 2.10 bits per heavy atom. The smallest absolute Gasteiger partial charge is 0.140 e. The normalized spacial score (nSPS) is 10.8. The minimum Gasteiger partial charge on any atom is -0.486 e. The lowest BCUT2D eigenvalue weighted by atomic mass is 10.2. The third-order valence-corrected chi connectivity index (χ3v) is 4.16. The first-order valence-corrected chi connectivity index (χ1v) is 7.86. The topological polar surface area (TPSA) is 34.1 Å². The van der Waals surface area contributed by atoms with E-state index in [1.165, 1.54) is 10.6 Å². The molecule has 108 valence electrons. The second-order valence-electron chi connectivity index (χ2n) is 4.81. The van der Waals surface area contributed by atoms with E-state index in [1.54, 1.807) is 11.3 Å². The quantitative estimate of drug-likeness (QED) is 0.844. The van der Waals surface area contributed by atoms with Gasteiger partial charge in [0.1, 0.15) is 17.4 Å². The van der Waals surface area contributed by atoms with Crippen LogP contribution in [-0.4, -0.2) is 12.0 Å². The van der Waals surface area contributed by atoms with Crippen molar-refractivity contribution >= 4 is 11.3 Å². The molecule has 0 fully saturated rings. The Morgan fingerprint density at radius 1 is 1.30 bits per heavy atom. The third kappa shape index (κ3) is 3.81. The van der Waals surface area contributed by atoms with Crippen molar-refractivity contribution in [2.45, 2.75) is 39.8 Å². The highest BCUT2D eigenvalue weighted by Gasteiger charge is 2.10. The van der Waals surface area contributed by atoms with E-state index in [2.05, 4.69) is 25.2 Å². The molecule has 4 heteroatoms. The first-order chi connectivity index (χ1) is 9.74. The number of nitrogens with zero attached hydrogens (tertiary/aromatic N) is 1. The summed E-state index contributed by atoms with van der Waals surface area (Å²) >= 11 is 1.75. The Morgan fingerprint density at radius 3 is 2.80 bits per heavy atom. The largest absolute Gasteiger partial charge is 0.486 e. The van der Waals surface area contributed by atoms with Gasteiger partial charge in [-0.25, -0.2) is 4.98 Å². The molecule has 0 spiro atoms. The third-order valence-electron chi connectivity index (χ3n) is 3.09. The Hall–Kier alpha value is -1.39. The molecule has 0 amide bonds. The van der Waals surface area contributed by atoms with Crippen LogP contribution in [0.4, 0.5) is 0 Å². The van der Waals surface area contributed by atoms with E-state index in [-0.39, 0.29) is 0 Å². The van der Waals surface area contributed by atoms with Gasteiger partial charge < -0.3 is 10.1 Å². The van der Waals surface area contributed by atoms with Gasteiger partial charge in [-0.05, 0) is 32.0 Å². The van der Waals surface area contributed by atoms with Crippen molar-refractivity contribution in [3.05, 3.63) is 45.4 Å². The van der Waals surface area contributed by atoms with E-state index >= 15 is 0 Å². The van der Waals surface area contributed by atoms with Gasteiger partial charge in [0.25, 0.3) is 0 Å². The van der Waals surface area contributed by atoms with Gasteiger partial charge >= 0.3 is 0 Å². The number of benzene rings is 1. The van der Waals surface area contributed by atoms with E-state index in [1.807, 2.05) is 25.2 Å². The van der Waals surface area contributed by atoms with Gasteiger partial charge in [0, 0.05) is 11.4 Å². The van der Waals surface area contributed by atoms with Gasteiger partial charge in [0.15, 0.2) is 0 Å². The number of thiazole rings is 1. The van der Waals surface area contributed by atoms with Gasteiger partial charge in [-0.15, -0.1) is 11.3 Å². The molecule has 0 aliphatic carbocycles. The van der Waals surface area contributed by atoms with Crippen LogP contribution in [0, 0.1) is 6.92 Å². The van der Waals surface area contributed by atoms with Crippen molar-refractivity contribution in [3.63, 3.8) is 0 Å². The van der Waals surface area contributed by atoms with Gasteiger partial charge in [0.05, 0.1) is 5.69 Å². The van der Waals surface area contributed by atoms with Gasteiger partial charge in [-0.2, -0.15) is 0 Å². The predicted molar refractivity (Wildman–Crippen MR) is 84.4 cm³/mol. The minimum absolute atomic E-state index is 0.552. The van der Waals surface area contributed by atoms with Gasteiger partial charge in [-0.1, -0.05) is 31.5 Å². The molecule has 0 atom stereocenters. The van der Waals surface area contributed by atoms with E-state index in [4.69, 9.17) is 9.72 Å². The molecule has 0 unspecified atom stereocenters. The van der Waals surface area contributed by atoms with E-state index in [0.29, 0.717) is 6.61 Å². The Bertz CT molecular complexity index is 528. The molecular weight excluding hydrogens is 268 g/mol. The first-order valence-electron chi connectivity index (χ1n) is 7.05. The maximum Gasteiger partial charge on any atom is 0.140 e. The molecule has 3 nitrogen and oxygen atoms in total. The van der Waals surface area contributed by atoms with E-state index in [0.717, 1.165) is 35.7 Å². The maximum atomic E-state index is 5.87. The van der Waals surface area contributed by atoms with Gasteiger partial charge in [-0.3, -0.25) is 0 Å². The number of nitrogens with one attached hydrogen (secondary N) is 1. The van der Waals surface area contributed by atoms with Crippen LogP contribution >= 0.6 is 11.3 Å². The summed E-state index contributed by atoms with van der Waals surface area (Å²) in [4.78, 5) is 6.05. The van der Waals surface area contributed by atoms with Crippen molar-refractivity contribution in [1.82, 2.24) is 10.3 Å². The highest BCUT2D eigenvalue weighted by atomic mass is 32.1. The summed E-state index contributed by atoms with van der Waals surface area (Å²) in [5.41, 5.74) is 2.38. The monoisotopic (exact) mass is 290 g/mol. The van der Waals surface area contributed by atoms with Crippen LogP contribution < -0.4 is 10.1 Å². The number of hydrogen-bond acceptors (Lipinski definition) is 4. The molecule has 1 aromatic carbocycles. The van der Waals surface area contributed by atoms with E-state index < -0.39 is 0 Å². The summed E-state index contributed by atoms with van der Waals surface area (Å²) in [5, 5.41) is 4.27. The number of aryl methyl sites for hydroxylation is 2. The molecule has 2 aromatic rings. The second-order valence-corrected chi connectivity index (χ2v) is 5.98. The van der Waals surface area contributed by atoms with Crippen molar-refractivity contribution in [1.29, 1.82) is 0 Å². The zero-order valence-corrected chi connectivity index (χ0v) is 13.2. The molecule has 1 N–H and O–H groups in total. The van der Waals surface area contributed by atoms with Crippen LogP contribution in [0.15, 0.2) is 24.3 Å². The SMILES string of the molecule is CCCc1nc(COc2ccccc2C)sc1CNC. The van der Waals surface area contributed by atoms with Crippen LogP contribution in [0.2, 0.25) is 0 Å². The lowest BCUT2D eigenvalue weighted by Crippen LogP contribution is -2.05. The number of ether oxygens (including phenoxy) is 1. The van der Waals surface area contributed by atoms with Crippen LogP contribution in [-0.2, 0) is 19.6 Å². The number of aromatic nitrogens is 1. The number of rotatable bonds is 7. The summed E-state index contributed by atoms with van der Waals surface area (Å²) in [7, 11) is 1.97. The van der Waals surface area contributed by atoms with Crippen LogP contribution in [0.1, 0.15) is 34.5 Å². The van der Waals surface area contributed by atoms with Crippen LogP contribution in [0.5, 0.6) is 5.75 Å². The Balaban J connectivity index is 2.06. The average molecular weight is 290 g/mol. The fourth-order valence-corrected chi connectivity index (χ4v) is 3.13. The number of para-hydroxylation sites is 1. The van der Waals surface area contributed by atoms with E-state index in [9.17, 15) is 0 Å². The standard InChI is InChI=1S/C16H22N2OS/c1-4-7-13-15(10-17-3)20-16(18-13)11-19-14-9-6-5-8-12(14)2/h5-6,8-9,17H,4,7,10-11H2,1-3H3. The number of hydrogen-bond donors (Lipinski definition) is 1. The van der Waals surface area contributed by atoms with Crippen molar-refractivity contribution in [3.8, 4) is 5.75 Å². The molecule has 1 heterocycles. The zero-order chi connectivity index (χ0) is 14.4. The lowest BCUT2D eigenvalue weighted by molar-refractivity contribution is 0.303. The lowest BCUT2D eigenvalue weighted by Gasteiger charge is -2.06. The minimum atomic E-state index is 0.552. The fourth-order valence-electron chi connectivity index (χ4n) is 2.09. The molecule has 0 saturated carbocycles. The predicted octanol–water partition coefficient (Wildman–Crippen LogP) is 3.70. The van der Waals surface area contributed by atoms with Crippen molar-refractivity contribution in [2.75, 3.05) is 7.05 Å². The summed E-state index contributed by atoms with van der Waals surface area (Å²) in [5.74, 6) is 0.940. The fraction of sp³-hybridized carbons (Fsp3) is 0.438. The highest BCUT2D eigenvalue weighted by molar-refractivity contribution is 7.11. The summed E-state index contributed by atoms with van der Waals surface area (Å²) in [6.45, 7) is 5.69. The highest BCUT2D eigenvalue weighted by Crippen LogP contribution is 2.23. The van der Waals surface area contributed by atoms with Crippen molar-refractivity contribution < 1.29 is 4.74 Å². The summed E-state index contributed by atoms with van der Waals surface area (Å²) < 4.78 is 5.87. The maximum absolute atomic E-state index is 5.87. The molecule has 0 aliphatic heterocycles. The van der Waals surface area contributed by atoms with Crippen molar-refractivity contribution in [2.24, 2.45) is 0 Å². The average Bonchev–Trinajstić information content (AvgIpc) is 2.81. The second kappa shape index (κ2) is 7.41. The molecule has 1 aromatic heterocycles. The molecule has 2 rings (SSSR count). The first kappa shape index (κ1) is 15.0. The summed E-state index contributed by atoms with van der Waals surface area (Å²) in [6.07, 6.45) is 2.16. The Labute approximate surface area is 125 Å².